The van der Waals surface area contributed by atoms with Crippen LogP contribution in [0.15, 0.2) is 58.0 Å². The number of aliphatic hydroxyl groups is 1. The summed E-state index contributed by atoms with van der Waals surface area (Å²) in [5, 5.41) is 18.4. The zero-order valence-corrected chi connectivity index (χ0v) is 11.2. The second-order valence-electron chi connectivity index (χ2n) is 3.33. The lowest BCUT2D eigenvalue weighted by Crippen LogP contribution is -2.06. The molecule has 5 heteroatoms. The molecule has 98 valence electrons. The standard InChI is InChI=1S/C14H13NO3S/c1-2-18-14(17)13(16)9-8-12(10-15)19-11-6-4-3-5-7-11/h3-9,16H,2H2,1H3. The average molecular weight is 275 g/mol. The van der Waals surface area contributed by atoms with Crippen molar-refractivity contribution < 1.29 is 14.6 Å². The van der Waals surface area contributed by atoms with Crippen LogP contribution < -0.4 is 0 Å². The number of ether oxygens (including phenoxy) is 1. The topological polar surface area (TPSA) is 70.3 Å². The van der Waals surface area contributed by atoms with E-state index in [1.54, 1.807) is 6.92 Å². The molecule has 0 aliphatic rings. The molecule has 1 aromatic rings. The summed E-state index contributed by atoms with van der Waals surface area (Å²) < 4.78 is 4.61. The lowest BCUT2D eigenvalue weighted by atomic mass is 10.4. The fourth-order valence-corrected chi connectivity index (χ4v) is 1.87. The largest absolute Gasteiger partial charge is 0.502 e. The van der Waals surface area contributed by atoms with Crippen molar-refractivity contribution in [2.45, 2.75) is 11.8 Å². The van der Waals surface area contributed by atoms with E-state index in [-0.39, 0.29) is 6.61 Å². The maximum atomic E-state index is 11.1. The Morgan fingerprint density at radius 2 is 2.11 bits per heavy atom. The minimum Gasteiger partial charge on any atom is -0.502 e. The number of rotatable bonds is 5. The molecule has 4 nitrogen and oxygen atoms in total. The van der Waals surface area contributed by atoms with Crippen molar-refractivity contribution in [1.29, 1.82) is 5.26 Å². The molecule has 0 atom stereocenters. The van der Waals surface area contributed by atoms with E-state index in [2.05, 4.69) is 4.74 Å². The molecule has 1 N–H and O–H groups in total. The van der Waals surface area contributed by atoms with E-state index in [0.717, 1.165) is 11.0 Å². The second kappa shape index (κ2) is 8.01. The Kier molecular flexibility index (Phi) is 6.27. The molecule has 0 radical (unpaired) electrons. The SMILES string of the molecule is CCOC(=O)C(O)=CC=C(C#N)Sc1ccccc1. The van der Waals surface area contributed by atoms with Crippen LogP contribution in [0.5, 0.6) is 0 Å². The summed E-state index contributed by atoms with van der Waals surface area (Å²) in [5.74, 6) is -1.33. The molecule has 19 heavy (non-hydrogen) atoms. The zero-order chi connectivity index (χ0) is 14.1. The molecule has 0 amide bonds. The molecule has 1 aromatic carbocycles. The molecule has 0 heterocycles. The number of nitrogens with zero attached hydrogens (tertiary/aromatic N) is 1. The van der Waals surface area contributed by atoms with Crippen LogP contribution in [0.1, 0.15) is 6.92 Å². The smallest absolute Gasteiger partial charge is 0.373 e. The van der Waals surface area contributed by atoms with Gasteiger partial charge in [0, 0.05) is 4.90 Å². The zero-order valence-electron chi connectivity index (χ0n) is 10.4. The van der Waals surface area contributed by atoms with Crippen LogP contribution in [0, 0.1) is 11.3 Å². The van der Waals surface area contributed by atoms with Crippen molar-refractivity contribution in [2.75, 3.05) is 6.61 Å². The number of carbonyl (C=O) groups is 1. The Morgan fingerprint density at radius 1 is 1.42 bits per heavy atom. The van der Waals surface area contributed by atoms with E-state index >= 15 is 0 Å². The van der Waals surface area contributed by atoms with Gasteiger partial charge in [0.15, 0.2) is 0 Å². The molecule has 0 unspecified atom stereocenters. The number of allylic oxidation sites excluding steroid dienone is 3. The van der Waals surface area contributed by atoms with Gasteiger partial charge in [-0.05, 0) is 31.2 Å². The fraction of sp³-hybridized carbons (Fsp3) is 0.143. The van der Waals surface area contributed by atoms with Crippen LogP contribution in [-0.2, 0) is 9.53 Å². The van der Waals surface area contributed by atoms with Gasteiger partial charge in [0.25, 0.3) is 0 Å². The van der Waals surface area contributed by atoms with Gasteiger partial charge in [-0.2, -0.15) is 5.26 Å². The highest BCUT2D eigenvalue weighted by molar-refractivity contribution is 8.03. The molecule has 0 spiro atoms. The summed E-state index contributed by atoms with van der Waals surface area (Å²) >= 11 is 1.25. The van der Waals surface area contributed by atoms with E-state index in [9.17, 15) is 9.90 Å². The number of thioether (sulfide) groups is 1. The first-order valence-electron chi connectivity index (χ1n) is 5.58. The lowest BCUT2D eigenvalue weighted by molar-refractivity contribution is -0.141. The average Bonchev–Trinajstić information content (AvgIpc) is 2.44. The number of aliphatic hydroxyl groups excluding tert-OH is 1. The van der Waals surface area contributed by atoms with E-state index in [4.69, 9.17) is 5.26 Å². The Hall–Kier alpha value is -2.19. The second-order valence-corrected chi connectivity index (χ2v) is 4.45. The lowest BCUT2D eigenvalue weighted by Gasteiger charge is -1.99. The first-order chi connectivity index (χ1) is 9.17. The van der Waals surface area contributed by atoms with Gasteiger partial charge in [0.1, 0.15) is 6.07 Å². The Labute approximate surface area is 116 Å². The van der Waals surface area contributed by atoms with Gasteiger partial charge in [-0.15, -0.1) is 0 Å². The summed E-state index contributed by atoms with van der Waals surface area (Å²) in [6.45, 7) is 1.83. The minimum absolute atomic E-state index is 0.185. The molecule has 0 saturated heterocycles. The van der Waals surface area contributed by atoms with Crippen molar-refractivity contribution in [2.24, 2.45) is 0 Å². The first kappa shape index (κ1) is 14.9. The molecule has 0 saturated carbocycles. The van der Waals surface area contributed by atoms with Crippen molar-refractivity contribution in [3.8, 4) is 6.07 Å². The van der Waals surface area contributed by atoms with Crippen LogP contribution in [0.25, 0.3) is 0 Å². The van der Waals surface area contributed by atoms with Crippen molar-refractivity contribution in [1.82, 2.24) is 0 Å². The molecular weight excluding hydrogens is 262 g/mol. The minimum atomic E-state index is -0.805. The normalized spacial score (nSPS) is 11.8. The van der Waals surface area contributed by atoms with Gasteiger partial charge < -0.3 is 9.84 Å². The fourth-order valence-electron chi connectivity index (χ4n) is 1.14. The summed E-state index contributed by atoms with van der Waals surface area (Å²) in [4.78, 5) is 12.4. The van der Waals surface area contributed by atoms with Gasteiger partial charge in [0.05, 0.1) is 11.5 Å². The molecule has 0 aromatic heterocycles. The number of carbonyl (C=O) groups excluding carboxylic acids is 1. The molecular formula is C14H13NO3S. The number of nitriles is 1. The first-order valence-corrected chi connectivity index (χ1v) is 6.40. The summed E-state index contributed by atoms with van der Waals surface area (Å²) in [6, 6.07) is 11.3. The molecule has 1 rings (SSSR count). The van der Waals surface area contributed by atoms with Gasteiger partial charge in [0.2, 0.25) is 5.76 Å². The third-order valence-corrected chi connectivity index (χ3v) is 2.91. The highest BCUT2D eigenvalue weighted by Crippen LogP contribution is 2.25. The van der Waals surface area contributed by atoms with Crippen LogP contribution in [-0.4, -0.2) is 17.7 Å². The van der Waals surface area contributed by atoms with Gasteiger partial charge in [-0.3, -0.25) is 0 Å². The molecule has 0 aliphatic carbocycles. The van der Waals surface area contributed by atoms with E-state index in [1.165, 1.54) is 17.8 Å². The summed E-state index contributed by atoms with van der Waals surface area (Å²) in [5.41, 5.74) is 0. The predicted octanol–water partition coefficient (Wildman–Crippen LogP) is 3.19. The third kappa shape index (κ3) is 5.32. The molecule has 0 bridgehead atoms. The summed E-state index contributed by atoms with van der Waals surface area (Å²) in [7, 11) is 0. The Bertz CT molecular complexity index is 529. The van der Waals surface area contributed by atoms with Crippen molar-refractivity contribution in [3.63, 3.8) is 0 Å². The molecule has 0 aliphatic heterocycles. The third-order valence-electron chi connectivity index (χ3n) is 1.96. The van der Waals surface area contributed by atoms with Gasteiger partial charge in [-0.1, -0.05) is 30.0 Å². The van der Waals surface area contributed by atoms with Crippen molar-refractivity contribution in [3.05, 3.63) is 53.1 Å². The Balaban J connectivity index is 2.75. The molecule has 0 fully saturated rings. The number of hydrogen-bond donors (Lipinski definition) is 1. The monoisotopic (exact) mass is 275 g/mol. The number of esters is 1. The van der Waals surface area contributed by atoms with Crippen LogP contribution in [0.2, 0.25) is 0 Å². The van der Waals surface area contributed by atoms with Crippen LogP contribution in [0.3, 0.4) is 0 Å². The quantitative estimate of drug-likeness (QED) is 0.223. The van der Waals surface area contributed by atoms with Gasteiger partial charge >= 0.3 is 5.97 Å². The maximum absolute atomic E-state index is 11.1. The van der Waals surface area contributed by atoms with Crippen LogP contribution in [0.4, 0.5) is 0 Å². The van der Waals surface area contributed by atoms with Crippen LogP contribution >= 0.6 is 11.8 Å². The highest BCUT2D eigenvalue weighted by Gasteiger charge is 2.06. The van der Waals surface area contributed by atoms with Crippen molar-refractivity contribution >= 4 is 17.7 Å². The predicted molar refractivity (Wildman–Crippen MR) is 73.3 cm³/mol. The Morgan fingerprint density at radius 3 is 2.68 bits per heavy atom. The van der Waals surface area contributed by atoms with E-state index < -0.39 is 11.7 Å². The summed E-state index contributed by atoms with van der Waals surface area (Å²) in [6.07, 6.45) is 2.54. The van der Waals surface area contributed by atoms with E-state index in [1.807, 2.05) is 36.4 Å². The maximum Gasteiger partial charge on any atom is 0.373 e. The van der Waals surface area contributed by atoms with Gasteiger partial charge in [-0.25, -0.2) is 4.79 Å². The van der Waals surface area contributed by atoms with E-state index in [0.29, 0.717) is 4.91 Å². The number of benzene rings is 1. The number of hydrogen-bond acceptors (Lipinski definition) is 5. The highest BCUT2D eigenvalue weighted by atomic mass is 32.2.